The summed E-state index contributed by atoms with van der Waals surface area (Å²) in [5.41, 5.74) is 4.29. The van der Waals surface area contributed by atoms with E-state index in [2.05, 4.69) is 5.32 Å². The normalized spacial score (nSPS) is 15.4. The summed E-state index contributed by atoms with van der Waals surface area (Å²) in [5, 5.41) is 9.68. The van der Waals surface area contributed by atoms with Crippen LogP contribution in [0.4, 0.5) is 10.2 Å². The van der Waals surface area contributed by atoms with Crippen molar-refractivity contribution in [3.8, 4) is 16.3 Å². The number of aryl methyl sites for hydroxylation is 1. The van der Waals surface area contributed by atoms with Gasteiger partial charge in [0.2, 0.25) is 11.8 Å². The Morgan fingerprint density at radius 3 is 2.62 bits per heavy atom. The largest absolute Gasteiger partial charge is 0.355 e. The topological polar surface area (TPSA) is 67.2 Å². The van der Waals surface area contributed by atoms with Crippen LogP contribution >= 0.6 is 23.1 Å². The van der Waals surface area contributed by atoms with Crippen molar-refractivity contribution in [1.82, 2.24) is 15.1 Å². The number of fused-ring (bicyclic) bond motifs is 1. The van der Waals surface area contributed by atoms with E-state index < -0.39 is 0 Å². The summed E-state index contributed by atoms with van der Waals surface area (Å²) in [7, 11) is 0. The molecule has 0 aliphatic carbocycles. The number of halogens is 1. The molecule has 0 bridgehead atoms. The number of anilines is 1. The highest BCUT2D eigenvalue weighted by atomic mass is 32.2. The smallest absolute Gasteiger partial charge is 0.240 e. The molecule has 2 aromatic heterocycles. The molecule has 6 nitrogen and oxygen atoms in total. The summed E-state index contributed by atoms with van der Waals surface area (Å²) in [6, 6.07) is 18.2. The lowest BCUT2D eigenvalue weighted by Crippen LogP contribution is -2.42. The van der Waals surface area contributed by atoms with Crippen molar-refractivity contribution >= 4 is 40.7 Å². The fraction of sp³-hybridized carbons (Fsp3) is 0.250. The maximum Gasteiger partial charge on any atom is 0.240 e. The van der Waals surface area contributed by atoms with Gasteiger partial charge in [0.25, 0.3) is 0 Å². The quantitative estimate of drug-likeness (QED) is 0.328. The molecular weight excluding hydrogens is 507 g/mol. The minimum absolute atomic E-state index is 0.107. The molecule has 0 saturated heterocycles. The zero-order valence-electron chi connectivity index (χ0n) is 20.6. The van der Waals surface area contributed by atoms with Crippen LogP contribution in [0.2, 0.25) is 0 Å². The average Bonchev–Trinajstić information content (AvgIpc) is 3.53. The first-order valence-electron chi connectivity index (χ1n) is 12.1. The van der Waals surface area contributed by atoms with E-state index in [4.69, 9.17) is 5.10 Å². The maximum absolute atomic E-state index is 13.8. The number of nitrogens with one attached hydrogen (secondary N) is 1. The third kappa shape index (κ3) is 5.06. The van der Waals surface area contributed by atoms with E-state index in [1.807, 2.05) is 55.6 Å². The van der Waals surface area contributed by atoms with Crippen molar-refractivity contribution < 1.29 is 14.0 Å². The highest BCUT2D eigenvalue weighted by Gasteiger charge is 2.38. The predicted molar refractivity (Wildman–Crippen MR) is 148 cm³/mol. The van der Waals surface area contributed by atoms with Gasteiger partial charge in [-0.1, -0.05) is 43.3 Å². The number of nitrogens with zero attached hydrogens (tertiary/aromatic N) is 3. The zero-order valence-corrected chi connectivity index (χ0v) is 22.2. The molecule has 1 N–H and O–H groups in total. The number of hydrogen-bond acceptors (Lipinski definition) is 5. The van der Waals surface area contributed by atoms with E-state index >= 15 is 0 Å². The van der Waals surface area contributed by atoms with Crippen LogP contribution < -0.4 is 10.2 Å². The Morgan fingerprint density at radius 2 is 1.92 bits per heavy atom. The van der Waals surface area contributed by atoms with Gasteiger partial charge in [0.15, 0.2) is 0 Å². The van der Waals surface area contributed by atoms with E-state index in [9.17, 15) is 14.0 Å². The van der Waals surface area contributed by atoms with Gasteiger partial charge in [-0.25, -0.2) is 9.07 Å². The van der Waals surface area contributed by atoms with Crippen LogP contribution in [0, 0.1) is 12.7 Å². The number of benzene rings is 2. The summed E-state index contributed by atoms with van der Waals surface area (Å²) in [5.74, 6) is 0.0438. The Labute approximate surface area is 223 Å². The fourth-order valence-electron chi connectivity index (χ4n) is 4.45. The van der Waals surface area contributed by atoms with Gasteiger partial charge in [-0.3, -0.25) is 14.5 Å². The van der Waals surface area contributed by atoms with Crippen molar-refractivity contribution in [2.45, 2.75) is 25.5 Å². The highest BCUT2D eigenvalue weighted by molar-refractivity contribution is 8.00. The van der Waals surface area contributed by atoms with Crippen molar-refractivity contribution in [1.29, 1.82) is 0 Å². The van der Waals surface area contributed by atoms with E-state index in [0.717, 1.165) is 39.4 Å². The van der Waals surface area contributed by atoms with Gasteiger partial charge >= 0.3 is 0 Å². The molecule has 0 radical (unpaired) electrons. The molecule has 1 aliphatic heterocycles. The molecule has 1 aliphatic rings. The molecule has 9 heteroatoms. The van der Waals surface area contributed by atoms with Gasteiger partial charge < -0.3 is 5.32 Å². The van der Waals surface area contributed by atoms with Crippen LogP contribution in [0.5, 0.6) is 0 Å². The van der Waals surface area contributed by atoms with Crippen LogP contribution in [-0.2, 0) is 9.59 Å². The summed E-state index contributed by atoms with van der Waals surface area (Å²) in [6.07, 6.45) is 0.803. The molecule has 0 spiro atoms. The van der Waals surface area contributed by atoms with E-state index in [1.165, 1.54) is 23.9 Å². The van der Waals surface area contributed by atoms with E-state index in [0.29, 0.717) is 12.4 Å². The third-order valence-electron chi connectivity index (χ3n) is 6.23. The SMILES string of the molecule is CCCNC(=O)CN1C(=O)CS[C@H](c2ccc(F)cc2)c2c(-c3cccs3)nn(-c3ccccc3C)c21. The molecule has 190 valence electrons. The Morgan fingerprint density at radius 1 is 1.14 bits per heavy atom. The lowest BCUT2D eigenvalue weighted by atomic mass is 10.0. The summed E-state index contributed by atoms with van der Waals surface area (Å²) < 4.78 is 15.6. The second-order valence-corrected chi connectivity index (χ2v) is 10.9. The van der Waals surface area contributed by atoms with Crippen LogP contribution in [0.1, 0.15) is 35.3 Å². The summed E-state index contributed by atoms with van der Waals surface area (Å²) in [6.45, 7) is 4.42. The Kier molecular flexibility index (Phi) is 7.43. The lowest BCUT2D eigenvalue weighted by Gasteiger charge is -2.23. The second kappa shape index (κ2) is 10.9. The zero-order chi connectivity index (χ0) is 25.9. The predicted octanol–water partition coefficient (Wildman–Crippen LogP) is 5.74. The Hall–Kier alpha value is -3.43. The van der Waals surface area contributed by atoms with Gasteiger partial charge in [0.1, 0.15) is 23.9 Å². The van der Waals surface area contributed by atoms with Crippen molar-refractivity contribution in [2.24, 2.45) is 0 Å². The number of thioether (sulfide) groups is 1. The minimum Gasteiger partial charge on any atom is -0.355 e. The number of carbonyl (C=O) groups excluding carboxylic acids is 2. The Balaban J connectivity index is 1.78. The van der Waals surface area contributed by atoms with Gasteiger partial charge in [-0.05, 0) is 54.1 Å². The molecule has 3 heterocycles. The molecule has 4 aromatic rings. The lowest BCUT2D eigenvalue weighted by molar-refractivity contribution is -0.122. The number of amides is 2. The van der Waals surface area contributed by atoms with Crippen LogP contribution in [-0.4, -0.2) is 40.4 Å². The van der Waals surface area contributed by atoms with Crippen LogP contribution in [0.3, 0.4) is 0 Å². The van der Waals surface area contributed by atoms with Gasteiger partial charge in [-0.2, -0.15) is 5.10 Å². The van der Waals surface area contributed by atoms with Crippen LogP contribution in [0.15, 0.2) is 66.0 Å². The van der Waals surface area contributed by atoms with Crippen molar-refractivity contribution in [3.05, 3.63) is 88.6 Å². The van der Waals surface area contributed by atoms with Crippen LogP contribution in [0.25, 0.3) is 16.3 Å². The second-order valence-electron chi connectivity index (χ2n) is 8.83. The molecule has 5 rings (SSSR count). The molecule has 0 unspecified atom stereocenters. The number of rotatable bonds is 7. The molecule has 2 amide bonds. The Bertz CT molecular complexity index is 1420. The summed E-state index contributed by atoms with van der Waals surface area (Å²) in [4.78, 5) is 29.0. The number of hydrogen-bond donors (Lipinski definition) is 1. The number of para-hydroxylation sites is 1. The van der Waals surface area contributed by atoms with Gasteiger partial charge in [0, 0.05) is 12.1 Å². The van der Waals surface area contributed by atoms with Gasteiger partial charge in [-0.15, -0.1) is 23.1 Å². The fourth-order valence-corrected chi connectivity index (χ4v) is 6.37. The number of aromatic nitrogens is 2. The average molecular weight is 535 g/mol. The standard InChI is InChI=1S/C28H27FN4O2S2/c1-3-14-30-23(34)16-32-24(35)17-37-27(19-10-12-20(29)13-11-19)25-26(22-9-6-15-36-22)31-33(28(25)32)21-8-5-4-7-18(21)2/h4-13,15,27H,3,14,16-17H2,1-2H3,(H,30,34)/t27-/m1/s1. The number of thiophene rings is 1. The van der Waals surface area contributed by atoms with Gasteiger partial charge in [0.05, 0.1) is 21.6 Å². The summed E-state index contributed by atoms with van der Waals surface area (Å²) >= 11 is 3.04. The third-order valence-corrected chi connectivity index (χ3v) is 8.37. The van der Waals surface area contributed by atoms with E-state index in [1.54, 1.807) is 33.1 Å². The molecule has 37 heavy (non-hydrogen) atoms. The number of carbonyl (C=O) groups is 2. The first kappa shape index (κ1) is 25.2. The van der Waals surface area contributed by atoms with Crippen molar-refractivity contribution in [2.75, 3.05) is 23.7 Å². The molecular formula is C28H27FN4O2S2. The maximum atomic E-state index is 13.8. The minimum atomic E-state index is -0.318. The molecule has 0 fully saturated rings. The highest BCUT2D eigenvalue weighted by Crippen LogP contribution is 2.49. The monoisotopic (exact) mass is 534 g/mol. The molecule has 1 atom stereocenters. The first-order chi connectivity index (χ1) is 18.0. The first-order valence-corrected chi connectivity index (χ1v) is 14.1. The van der Waals surface area contributed by atoms with Crippen molar-refractivity contribution in [3.63, 3.8) is 0 Å². The molecule has 2 aromatic carbocycles. The van der Waals surface area contributed by atoms with E-state index in [-0.39, 0.29) is 35.2 Å². The molecule has 0 saturated carbocycles.